The van der Waals surface area contributed by atoms with Gasteiger partial charge < -0.3 is 10.6 Å². The smallest absolute Gasteiger partial charge is 0.234 e. The molecule has 0 aromatic carbocycles. The minimum Gasteiger partial charge on any atom is -0.324 e. The quantitative estimate of drug-likeness (QED) is 0.324. The Hall–Kier alpha value is -2.36. The Morgan fingerprint density at radius 2 is 1.11 bits per heavy atom. The molecule has 0 spiro atoms. The van der Waals surface area contributed by atoms with Gasteiger partial charge in [-0.15, -0.1) is 20.4 Å². The molecule has 12 heteroatoms. The summed E-state index contributed by atoms with van der Waals surface area (Å²) in [5.74, 6) is 0.292. The second-order valence-corrected chi connectivity index (χ2v) is 6.80. The Balaban J connectivity index is 1.71. The Labute approximate surface area is 186 Å². The molecule has 0 saturated heterocycles. The molecule has 3 heterocycles. The maximum atomic E-state index is 11.4. The van der Waals surface area contributed by atoms with Crippen molar-refractivity contribution in [1.29, 1.82) is 0 Å². The summed E-state index contributed by atoms with van der Waals surface area (Å²) in [6.45, 7) is 0. The van der Waals surface area contributed by atoms with Gasteiger partial charge in [0.25, 0.3) is 0 Å². The third-order valence-corrected chi connectivity index (χ3v) is 4.66. The zero-order valence-corrected chi connectivity index (χ0v) is 18.4. The fourth-order valence-corrected chi connectivity index (χ4v) is 2.40. The second kappa shape index (κ2) is 9.72. The first-order valence-corrected chi connectivity index (χ1v) is 10.9. The molecular weight excluding hydrogens is 590 g/mol. The standard InChI is InChI=1S/C16H12I2N8O2/c17-5-13(27)21-9-1-3-11(19-7-9)15-23-25-16(26-24-15)12-4-2-10(8-20-12)22-14(28)6-18/h1-4,7-8H,5-6H2,(H,21,27)(H,22,28). The summed E-state index contributed by atoms with van der Waals surface area (Å²) in [5.41, 5.74) is 2.12. The van der Waals surface area contributed by atoms with Crippen LogP contribution < -0.4 is 10.6 Å². The average molecular weight is 602 g/mol. The van der Waals surface area contributed by atoms with E-state index in [9.17, 15) is 9.59 Å². The number of rotatable bonds is 6. The van der Waals surface area contributed by atoms with E-state index in [2.05, 4.69) is 41.0 Å². The predicted molar refractivity (Wildman–Crippen MR) is 119 cm³/mol. The van der Waals surface area contributed by atoms with E-state index in [-0.39, 0.29) is 23.5 Å². The van der Waals surface area contributed by atoms with Crippen LogP contribution in [0.5, 0.6) is 0 Å². The molecule has 0 aliphatic rings. The van der Waals surface area contributed by atoms with Crippen LogP contribution in [0, 0.1) is 0 Å². The summed E-state index contributed by atoms with van der Waals surface area (Å²) in [4.78, 5) is 31.2. The zero-order valence-electron chi connectivity index (χ0n) is 14.1. The number of hydrogen-bond donors (Lipinski definition) is 2. The maximum absolute atomic E-state index is 11.4. The molecule has 2 N–H and O–H groups in total. The van der Waals surface area contributed by atoms with Crippen molar-refractivity contribution < 1.29 is 9.59 Å². The normalized spacial score (nSPS) is 10.4. The van der Waals surface area contributed by atoms with Crippen molar-refractivity contribution in [1.82, 2.24) is 30.4 Å². The van der Waals surface area contributed by atoms with Crippen LogP contribution in [0.15, 0.2) is 36.7 Å². The van der Waals surface area contributed by atoms with E-state index >= 15 is 0 Å². The number of aromatic nitrogens is 6. The molecule has 3 aromatic heterocycles. The van der Waals surface area contributed by atoms with Crippen molar-refractivity contribution in [2.75, 3.05) is 19.5 Å². The number of amides is 2. The lowest BCUT2D eigenvalue weighted by Crippen LogP contribution is -2.12. The molecule has 0 unspecified atom stereocenters. The summed E-state index contributed by atoms with van der Waals surface area (Å²) in [5, 5.41) is 21.5. The molecule has 0 saturated carbocycles. The van der Waals surface area contributed by atoms with Crippen molar-refractivity contribution >= 4 is 68.4 Å². The summed E-state index contributed by atoms with van der Waals surface area (Å²) in [6, 6.07) is 6.75. The summed E-state index contributed by atoms with van der Waals surface area (Å²) < 4.78 is 0.717. The van der Waals surface area contributed by atoms with Crippen LogP contribution in [-0.2, 0) is 9.59 Å². The van der Waals surface area contributed by atoms with Crippen LogP contribution in [0.25, 0.3) is 23.0 Å². The van der Waals surface area contributed by atoms with Crippen LogP contribution in [-0.4, -0.2) is 51.0 Å². The van der Waals surface area contributed by atoms with E-state index in [1.165, 1.54) is 12.4 Å². The van der Waals surface area contributed by atoms with Crippen molar-refractivity contribution in [2.24, 2.45) is 0 Å². The highest BCUT2D eigenvalue weighted by molar-refractivity contribution is 14.1. The first kappa shape index (κ1) is 20.4. The molecule has 0 atom stereocenters. The van der Waals surface area contributed by atoms with Crippen LogP contribution in [0.1, 0.15) is 0 Å². The van der Waals surface area contributed by atoms with Gasteiger partial charge in [-0.1, -0.05) is 45.2 Å². The van der Waals surface area contributed by atoms with Crippen molar-refractivity contribution in [3.05, 3.63) is 36.7 Å². The highest BCUT2D eigenvalue weighted by Crippen LogP contribution is 2.16. The number of nitrogens with one attached hydrogen (secondary N) is 2. The Kier molecular flexibility index (Phi) is 7.07. The highest BCUT2D eigenvalue weighted by atomic mass is 127. The maximum Gasteiger partial charge on any atom is 0.234 e. The number of hydrogen-bond acceptors (Lipinski definition) is 8. The molecule has 0 fully saturated rings. The molecule has 0 aliphatic heterocycles. The van der Waals surface area contributed by atoms with E-state index in [1.807, 2.05) is 45.2 Å². The molecule has 28 heavy (non-hydrogen) atoms. The Morgan fingerprint density at radius 3 is 1.39 bits per heavy atom. The van der Waals surface area contributed by atoms with Crippen molar-refractivity contribution in [3.8, 4) is 23.0 Å². The lowest BCUT2D eigenvalue weighted by atomic mass is 10.3. The molecule has 3 aromatic rings. The topological polar surface area (TPSA) is 136 Å². The van der Waals surface area contributed by atoms with Crippen LogP contribution in [0.3, 0.4) is 0 Å². The third-order valence-electron chi connectivity index (χ3n) is 3.27. The number of alkyl halides is 2. The minimum absolute atomic E-state index is 0.105. The fraction of sp³-hybridized carbons (Fsp3) is 0.125. The van der Waals surface area contributed by atoms with Gasteiger partial charge in [0.2, 0.25) is 23.5 Å². The van der Waals surface area contributed by atoms with Gasteiger partial charge in [-0.2, -0.15) is 0 Å². The average Bonchev–Trinajstić information content (AvgIpc) is 2.75. The lowest BCUT2D eigenvalue weighted by molar-refractivity contribution is -0.114. The van der Waals surface area contributed by atoms with Gasteiger partial charge in [0.1, 0.15) is 11.4 Å². The van der Waals surface area contributed by atoms with Gasteiger partial charge in [-0.05, 0) is 24.3 Å². The number of halogens is 2. The van der Waals surface area contributed by atoms with Crippen LogP contribution in [0.2, 0.25) is 0 Å². The van der Waals surface area contributed by atoms with E-state index in [0.717, 1.165) is 0 Å². The number of carbonyl (C=O) groups is 2. The number of pyridine rings is 2. The van der Waals surface area contributed by atoms with Gasteiger partial charge in [0.15, 0.2) is 0 Å². The first-order chi connectivity index (χ1) is 13.6. The number of anilines is 2. The van der Waals surface area contributed by atoms with Gasteiger partial charge >= 0.3 is 0 Å². The largest absolute Gasteiger partial charge is 0.324 e. The van der Waals surface area contributed by atoms with Crippen molar-refractivity contribution in [2.45, 2.75) is 0 Å². The van der Waals surface area contributed by atoms with Gasteiger partial charge in [0, 0.05) is 0 Å². The zero-order chi connectivity index (χ0) is 19.9. The second-order valence-electron chi connectivity index (χ2n) is 5.28. The Morgan fingerprint density at radius 1 is 0.714 bits per heavy atom. The molecule has 0 radical (unpaired) electrons. The number of nitrogens with zero attached hydrogens (tertiary/aromatic N) is 6. The summed E-state index contributed by atoms with van der Waals surface area (Å²) in [7, 11) is 0. The predicted octanol–water partition coefficient (Wildman–Crippen LogP) is 2.14. The lowest BCUT2D eigenvalue weighted by Gasteiger charge is -2.04. The van der Waals surface area contributed by atoms with E-state index in [4.69, 9.17) is 0 Å². The molecule has 3 rings (SSSR count). The minimum atomic E-state index is -0.105. The monoisotopic (exact) mass is 602 g/mol. The number of carbonyl (C=O) groups excluding carboxylic acids is 2. The summed E-state index contributed by atoms with van der Waals surface area (Å²) in [6.07, 6.45) is 3.03. The molecule has 2 amide bonds. The Bertz CT molecular complexity index is 885. The first-order valence-electron chi connectivity index (χ1n) is 7.81. The van der Waals surface area contributed by atoms with Crippen molar-refractivity contribution in [3.63, 3.8) is 0 Å². The SMILES string of the molecule is O=C(CI)Nc1ccc(-c2nnc(-c3ccc(NC(=O)CI)cn3)nn2)nc1. The van der Waals surface area contributed by atoms with Gasteiger partial charge in [-0.25, -0.2) is 0 Å². The van der Waals surface area contributed by atoms with Crippen LogP contribution >= 0.6 is 45.2 Å². The molecule has 10 nitrogen and oxygen atoms in total. The van der Waals surface area contributed by atoms with Gasteiger partial charge in [0.05, 0.1) is 32.6 Å². The molecular formula is C16H12I2N8O2. The molecule has 0 bridgehead atoms. The third kappa shape index (κ3) is 5.34. The molecule has 0 aliphatic carbocycles. The van der Waals surface area contributed by atoms with E-state index in [0.29, 0.717) is 31.6 Å². The fourth-order valence-electron chi connectivity index (χ4n) is 2.02. The highest BCUT2D eigenvalue weighted by Gasteiger charge is 2.10. The van der Waals surface area contributed by atoms with Crippen LogP contribution in [0.4, 0.5) is 11.4 Å². The molecule has 142 valence electrons. The van der Waals surface area contributed by atoms with E-state index in [1.54, 1.807) is 24.3 Å². The van der Waals surface area contributed by atoms with Gasteiger partial charge in [-0.3, -0.25) is 19.6 Å². The summed E-state index contributed by atoms with van der Waals surface area (Å²) >= 11 is 3.96. The van der Waals surface area contributed by atoms with E-state index < -0.39 is 0 Å².